The number of azide groups is 1. The predicted octanol–water partition coefficient (Wildman–Crippen LogP) is 3.95. The van der Waals surface area contributed by atoms with Crippen molar-refractivity contribution in [2.45, 2.75) is 32.7 Å². The molecule has 2 aromatic rings. The molecule has 1 aliphatic rings. The van der Waals surface area contributed by atoms with Crippen molar-refractivity contribution in [3.05, 3.63) is 51.1 Å². The Morgan fingerprint density at radius 1 is 1.37 bits per heavy atom. The Hall–Kier alpha value is -2.26. The largest absolute Gasteiger partial charge is 0.361 e. The molecule has 0 radical (unpaired) electrons. The molecule has 3 rings (SSSR count). The van der Waals surface area contributed by atoms with Crippen molar-refractivity contribution >= 4 is 0 Å². The Balaban J connectivity index is 2.04. The number of benzene rings is 1. The second-order valence-corrected chi connectivity index (χ2v) is 4.79. The molecule has 5 heteroatoms. The Kier molecular flexibility index (Phi) is 2.97. The van der Waals surface area contributed by atoms with Gasteiger partial charge in [-0.25, -0.2) is 0 Å². The van der Waals surface area contributed by atoms with Crippen LogP contribution < -0.4 is 0 Å². The lowest BCUT2D eigenvalue weighted by molar-refractivity contribution is 0.398. The van der Waals surface area contributed by atoms with E-state index in [1.54, 1.807) is 0 Å². The van der Waals surface area contributed by atoms with Crippen LogP contribution in [0.2, 0.25) is 0 Å². The Labute approximate surface area is 110 Å². The topological polar surface area (TPSA) is 74.8 Å². The van der Waals surface area contributed by atoms with E-state index in [9.17, 15) is 0 Å². The zero-order chi connectivity index (χ0) is 13.2. The Morgan fingerprint density at radius 3 is 3.05 bits per heavy atom. The summed E-state index contributed by atoms with van der Waals surface area (Å²) >= 11 is 0. The van der Waals surface area contributed by atoms with Crippen molar-refractivity contribution < 1.29 is 4.52 Å². The number of aryl methyl sites for hydroxylation is 3. The third-order valence-corrected chi connectivity index (χ3v) is 3.65. The molecule has 0 N–H and O–H groups in total. The second-order valence-electron chi connectivity index (χ2n) is 4.79. The first-order valence-corrected chi connectivity index (χ1v) is 6.38. The monoisotopic (exact) mass is 254 g/mol. The van der Waals surface area contributed by atoms with Gasteiger partial charge in [-0.3, -0.25) is 0 Å². The number of hydrogen-bond donors (Lipinski definition) is 0. The minimum atomic E-state index is 0.276. The van der Waals surface area contributed by atoms with E-state index in [1.165, 1.54) is 24.0 Å². The molecular weight excluding hydrogens is 240 g/mol. The van der Waals surface area contributed by atoms with Gasteiger partial charge in [0, 0.05) is 16.0 Å². The Morgan fingerprint density at radius 2 is 2.21 bits per heavy atom. The molecule has 0 aliphatic heterocycles. The lowest BCUT2D eigenvalue weighted by Crippen LogP contribution is -1.89. The summed E-state index contributed by atoms with van der Waals surface area (Å²) < 4.78 is 5.23. The lowest BCUT2D eigenvalue weighted by Gasteiger charge is -2.03. The highest BCUT2D eigenvalue weighted by Crippen LogP contribution is 2.30. The van der Waals surface area contributed by atoms with E-state index in [0.717, 1.165) is 23.2 Å². The van der Waals surface area contributed by atoms with E-state index in [4.69, 9.17) is 10.1 Å². The van der Waals surface area contributed by atoms with Crippen molar-refractivity contribution in [2.24, 2.45) is 5.11 Å². The van der Waals surface area contributed by atoms with Gasteiger partial charge in [0.05, 0.1) is 6.54 Å². The predicted molar refractivity (Wildman–Crippen MR) is 71.6 cm³/mol. The summed E-state index contributed by atoms with van der Waals surface area (Å²) in [6.45, 7) is 2.12. The van der Waals surface area contributed by atoms with E-state index >= 15 is 0 Å². The van der Waals surface area contributed by atoms with Crippen LogP contribution in [0, 0.1) is 6.92 Å². The van der Waals surface area contributed by atoms with E-state index in [-0.39, 0.29) is 6.54 Å². The molecule has 0 atom stereocenters. The minimum Gasteiger partial charge on any atom is -0.361 e. The SMILES string of the molecule is Cc1onc(-c2ccc3c(c2)CCC3)c1CN=[N+]=[N-]. The van der Waals surface area contributed by atoms with Gasteiger partial charge < -0.3 is 4.52 Å². The first-order valence-electron chi connectivity index (χ1n) is 6.38. The average Bonchev–Trinajstić information content (AvgIpc) is 3.02. The highest BCUT2D eigenvalue weighted by Gasteiger charge is 2.17. The van der Waals surface area contributed by atoms with Crippen molar-refractivity contribution in [3.8, 4) is 11.3 Å². The van der Waals surface area contributed by atoms with E-state index in [0.29, 0.717) is 5.76 Å². The first kappa shape index (κ1) is 11.8. The third-order valence-electron chi connectivity index (χ3n) is 3.65. The molecule has 0 fully saturated rings. The van der Waals surface area contributed by atoms with E-state index in [1.807, 2.05) is 6.92 Å². The molecule has 1 aliphatic carbocycles. The summed E-state index contributed by atoms with van der Waals surface area (Å²) in [4.78, 5) is 2.80. The summed E-state index contributed by atoms with van der Waals surface area (Å²) in [5.74, 6) is 0.711. The van der Waals surface area contributed by atoms with Crippen LogP contribution in [0.3, 0.4) is 0 Å². The minimum absolute atomic E-state index is 0.276. The van der Waals surface area contributed by atoms with Crippen LogP contribution in [0.1, 0.15) is 28.9 Å². The standard InChI is InChI=1S/C14H14N4O/c1-9-13(8-16-18-15)14(17-19-9)12-6-5-10-3-2-4-11(10)7-12/h5-7H,2-4,8H2,1H3. The van der Waals surface area contributed by atoms with Crippen molar-refractivity contribution in [2.75, 3.05) is 0 Å². The highest BCUT2D eigenvalue weighted by molar-refractivity contribution is 5.65. The molecule has 1 aromatic carbocycles. The fourth-order valence-corrected chi connectivity index (χ4v) is 2.63. The maximum Gasteiger partial charge on any atom is 0.137 e. The number of aromatic nitrogens is 1. The molecule has 0 unspecified atom stereocenters. The van der Waals surface area contributed by atoms with Crippen LogP contribution in [0.15, 0.2) is 27.8 Å². The Bertz CT molecular complexity index is 668. The zero-order valence-corrected chi connectivity index (χ0v) is 10.8. The van der Waals surface area contributed by atoms with Gasteiger partial charge in [0.2, 0.25) is 0 Å². The molecule has 0 amide bonds. The van der Waals surface area contributed by atoms with E-state index < -0.39 is 0 Å². The van der Waals surface area contributed by atoms with Crippen LogP contribution in [0.4, 0.5) is 0 Å². The van der Waals surface area contributed by atoms with Crippen molar-refractivity contribution in [1.82, 2.24) is 5.16 Å². The first-order chi connectivity index (χ1) is 9.29. The fraction of sp³-hybridized carbons (Fsp3) is 0.357. The summed E-state index contributed by atoms with van der Waals surface area (Å²) in [6.07, 6.45) is 3.52. The molecule has 0 saturated carbocycles. The normalized spacial score (nSPS) is 13.1. The molecule has 96 valence electrons. The number of nitrogens with zero attached hydrogens (tertiary/aromatic N) is 4. The van der Waals surface area contributed by atoms with Gasteiger partial charge in [0.15, 0.2) is 0 Å². The molecule has 1 aromatic heterocycles. The molecule has 19 heavy (non-hydrogen) atoms. The van der Waals surface area contributed by atoms with Gasteiger partial charge >= 0.3 is 0 Å². The van der Waals surface area contributed by atoms with Gasteiger partial charge in [-0.1, -0.05) is 22.4 Å². The molecule has 5 nitrogen and oxygen atoms in total. The van der Waals surface area contributed by atoms with Crippen LogP contribution in [-0.4, -0.2) is 5.16 Å². The quantitative estimate of drug-likeness (QED) is 0.472. The van der Waals surface area contributed by atoms with Gasteiger partial charge in [-0.15, -0.1) is 0 Å². The molecular formula is C14H14N4O. The summed E-state index contributed by atoms with van der Waals surface area (Å²) in [5.41, 5.74) is 14.0. The molecule has 1 heterocycles. The van der Waals surface area contributed by atoms with Gasteiger partial charge in [0.1, 0.15) is 11.5 Å². The number of fused-ring (bicyclic) bond motifs is 1. The van der Waals surface area contributed by atoms with Crippen LogP contribution in [-0.2, 0) is 19.4 Å². The maximum absolute atomic E-state index is 8.45. The van der Waals surface area contributed by atoms with Crippen LogP contribution >= 0.6 is 0 Å². The smallest absolute Gasteiger partial charge is 0.137 e. The van der Waals surface area contributed by atoms with Gasteiger partial charge in [-0.05, 0) is 48.9 Å². The zero-order valence-electron chi connectivity index (χ0n) is 10.8. The van der Waals surface area contributed by atoms with Crippen molar-refractivity contribution in [1.29, 1.82) is 0 Å². The second kappa shape index (κ2) is 4.78. The summed E-state index contributed by atoms with van der Waals surface area (Å²) in [6, 6.07) is 6.42. The number of hydrogen-bond acceptors (Lipinski definition) is 3. The lowest BCUT2D eigenvalue weighted by atomic mass is 10.0. The summed E-state index contributed by atoms with van der Waals surface area (Å²) in [7, 11) is 0. The third kappa shape index (κ3) is 2.09. The van der Waals surface area contributed by atoms with Gasteiger partial charge in [-0.2, -0.15) is 0 Å². The van der Waals surface area contributed by atoms with Crippen LogP contribution in [0.25, 0.3) is 21.7 Å². The molecule has 0 bridgehead atoms. The average molecular weight is 254 g/mol. The maximum atomic E-state index is 8.45. The molecule has 0 spiro atoms. The number of rotatable bonds is 3. The molecule has 0 saturated heterocycles. The fourth-order valence-electron chi connectivity index (χ4n) is 2.63. The van der Waals surface area contributed by atoms with E-state index in [2.05, 4.69) is 33.4 Å². The summed E-state index contributed by atoms with van der Waals surface area (Å²) in [5, 5.41) is 7.72. The van der Waals surface area contributed by atoms with Gasteiger partial charge in [0.25, 0.3) is 0 Å². The van der Waals surface area contributed by atoms with Crippen LogP contribution in [0.5, 0.6) is 0 Å². The van der Waals surface area contributed by atoms with Crippen molar-refractivity contribution in [3.63, 3.8) is 0 Å². The highest BCUT2D eigenvalue weighted by atomic mass is 16.5.